The highest BCUT2D eigenvalue weighted by atomic mass is 19.4. The number of hydrogen-bond donors (Lipinski definition) is 1. The van der Waals surface area contributed by atoms with E-state index in [2.05, 4.69) is 36.3 Å². The van der Waals surface area contributed by atoms with Gasteiger partial charge in [-0.05, 0) is 72.4 Å². The molecule has 5 heteroatoms. The molecule has 4 aromatic rings. The van der Waals surface area contributed by atoms with E-state index < -0.39 is 11.7 Å². The Morgan fingerprint density at radius 3 is 2.39 bits per heavy atom. The molecule has 0 spiro atoms. The minimum absolute atomic E-state index is 0.0238. The van der Waals surface area contributed by atoms with Crippen molar-refractivity contribution in [2.45, 2.75) is 33.5 Å². The van der Waals surface area contributed by atoms with E-state index in [0.29, 0.717) is 11.9 Å². The van der Waals surface area contributed by atoms with Crippen LogP contribution in [0.2, 0.25) is 0 Å². The van der Waals surface area contributed by atoms with E-state index in [1.54, 1.807) is 6.07 Å². The molecule has 0 saturated heterocycles. The first-order valence-electron chi connectivity index (χ1n) is 10.1. The summed E-state index contributed by atoms with van der Waals surface area (Å²) in [5, 5.41) is 3.95. The van der Waals surface area contributed by atoms with Gasteiger partial charge in [0.15, 0.2) is 0 Å². The van der Waals surface area contributed by atoms with E-state index >= 15 is 0 Å². The van der Waals surface area contributed by atoms with E-state index in [4.69, 9.17) is 0 Å². The maximum absolute atomic E-state index is 13.5. The molecular weight excluding hydrogens is 397 g/mol. The molecule has 0 atom stereocenters. The molecule has 0 saturated carbocycles. The SMILES string of the molecule is Cc1cccc(CNc2cccc(-c3c(C)cnc4c(C(F)(F)F)cccc34)c2)c1C. The Morgan fingerprint density at radius 1 is 0.871 bits per heavy atom. The predicted octanol–water partition coefficient (Wildman–Crippen LogP) is 7.46. The van der Waals surface area contributed by atoms with Crippen molar-refractivity contribution in [3.05, 3.63) is 94.7 Å². The molecule has 0 bridgehead atoms. The van der Waals surface area contributed by atoms with Gasteiger partial charge in [-0.15, -0.1) is 0 Å². The molecule has 4 rings (SSSR count). The molecular formula is C26H23F3N2. The number of pyridine rings is 1. The fourth-order valence-electron chi connectivity index (χ4n) is 3.92. The van der Waals surface area contributed by atoms with Crippen LogP contribution >= 0.6 is 0 Å². The number of nitrogens with one attached hydrogen (secondary N) is 1. The average Bonchev–Trinajstić information content (AvgIpc) is 2.73. The van der Waals surface area contributed by atoms with Crippen LogP contribution in [0.5, 0.6) is 0 Å². The van der Waals surface area contributed by atoms with Gasteiger partial charge in [-0.3, -0.25) is 4.98 Å². The molecule has 0 amide bonds. The van der Waals surface area contributed by atoms with Gasteiger partial charge in [-0.25, -0.2) is 0 Å². The Morgan fingerprint density at radius 2 is 1.61 bits per heavy atom. The van der Waals surface area contributed by atoms with Gasteiger partial charge in [-0.1, -0.05) is 42.5 Å². The second-order valence-electron chi connectivity index (χ2n) is 7.81. The van der Waals surface area contributed by atoms with Crippen LogP contribution in [0.4, 0.5) is 18.9 Å². The summed E-state index contributed by atoms with van der Waals surface area (Å²) in [6, 6.07) is 18.2. The standard InChI is InChI=1S/C26H23F3N2/c1-16-7-4-9-20(18(16)3)15-30-21-10-5-8-19(13-21)24-17(2)14-31-25-22(24)11-6-12-23(25)26(27,28)29/h4-14,30H,15H2,1-3H3. The summed E-state index contributed by atoms with van der Waals surface area (Å²) in [5.41, 5.74) is 6.34. The van der Waals surface area contributed by atoms with E-state index in [1.165, 1.54) is 29.0 Å². The normalized spacial score (nSPS) is 11.7. The Balaban J connectivity index is 1.74. The molecule has 31 heavy (non-hydrogen) atoms. The summed E-state index contributed by atoms with van der Waals surface area (Å²) < 4.78 is 40.5. The third-order valence-electron chi connectivity index (χ3n) is 5.74. The second kappa shape index (κ2) is 8.06. The van der Waals surface area contributed by atoms with Gasteiger partial charge in [0.05, 0.1) is 11.1 Å². The molecule has 0 fully saturated rings. The van der Waals surface area contributed by atoms with Gasteiger partial charge < -0.3 is 5.32 Å². The molecule has 2 nitrogen and oxygen atoms in total. The maximum atomic E-state index is 13.5. The Kier molecular flexibility index (Phi) is 5.44. The van der Waals surface area contributed by atoms with E-state index in [9.17, 15) is 13.2 Å². The van der Waals surface area contributed by atoms with Gasteiger partial charge >= 0.3 is 6.18 Å². The highest BCUT2D eigenvalue weighted by molar-refractivity contribution is 5.98. The van der Waals surface area contributed by atoms with Crippen LogP contribution in [0.25, 0.3) is 22.0 Å². The quantitative estimate of drug-likeness (QED) is 0.371. The highest BCUT2D eigenvalue weighted by Gasteiger charge is 2.33. The van der Waals surface area contributed by atoms with Crippen molar-refractivity contribution in [1.82, 2.24) is 4.98 Å². The van der Waals surface area contributed by atoms with Gasteiger partial charge in [0.25, 0.3) is 0 Å². The van der Waals surface area contributed by atoms with Crippen LogP contribution in [0.1, 0.15) is 27.8 Å². The van der Waals surface area contributed by atoms with Crippen molar-refractivity contribution in [2.75, 3.05) is 5.32 Å². The topological polar surface area (TPSA) is 24.9 Å². The number of para-hydroxylation sites is 1. The number of halogens is 3. The monoisotopic (exact) mass is 420 g/mol. The van der Waals surface area contributed by atoms with Crippen LogP contribution < -0.4 is 5.32 Å². The fourth-order valence-corrected chi connectivity index (χ4v) is 3.92. The molecule has 0 aliphatic carbocycles. The number of rotatable bonds is 4. The zero-order valence-electron chi connectivity index (χ0n) is 17.6. The molecule has 3 aromatic carbocycles. The van der Waals surface area contributed by atoms with Crippen LogP contribution in [0.15, 0.2) is 66.9 Å². The van der Waals surface area contributed by atoms with Gasteiger partial charge in [0.2, 0.25) is 0 Å². The summed E-state index contributed by atoms with van der Waals surface area (Å²) >= 11 is 0. The Bertz CT molecular complexity index is 1260. The van der Waals surface area contributed by atoms with E-state index in [1.807, 2.05) is 37.3 Å². The first-order valence-corrected chi connectivity index (χ1v) is 10.1. The van der Waals surface area contributed by atoms with Crippen molar-refractivity contribution < 1.29 is 13.2 Å². The van der Waals surface area contributed by atoms with Gasteiger partial charge in [0.1, 0.15) is 0 Å². The van der Waals surface area contributed by atoms with Crippen molar-refractivity contribution in [3.8, 4) is 11.1 Å². The van der Waals surface area contributed by atoms with Crippen molar-refractivity contribution >= 4 is 16.6 Å². The zero-order valence-corrected chi connectivity index (χ0v) is 17.6. The average molecular weight is 420 g/mol. The lowest BCUT2D eigenvalue weighted by Crippen LogP contribution is -2.07. The van der Waals surface area contributed by atoms with Crippen LogP contribution in [0, 0.1) is 20.8 Å². The summed E-state index contributed by atoms with van der Waals surface area (Å²) in [6.45, 7) is 6.74. The highest BCUT2D eigenvalue weighted by Crippen LogP contribution is 2.38. The number of hydrogen-bond acceptors (Lipinski definition) is 2. The Hall–Kier alpha value is -3.34. The number of fused-ring (bicyclic) bond motifs is 1. The number of aryl methyl sites for hydroxylation is 2. The minimum Gasteiger partial charge on any atom is -0.381 e. The summed E-state index contributed by atoms with van der Waals surface area (Å²) in [5.74, 6) is 0. The van der Waals surface area contributed by atoms with Crippen LogP contribution in [-0.4, -0.2) is 4.98 Å². The largest absolute Gasteiger partial charge is 0.418 e. The third kappa shape index (κ3) is 4.13. The number of nitrogens with zero attached hydrogens (tertiary/aromatic N) is 1. The zero-order chi connectivity index (χ0) is 22.2. The third-order valence-corrected chi connectivity index (χ3v) is 5.74. The smallest absolute Gasteiger partial charge is 0.381 e. The lowest BCUT2D eigenvalue weighted by atomic mass is 9.95. The van der Waals surface area contributed by atoms with Crippen LogP contribution in [-0.2, 0) is 12.7 Å². The second-order valence-corrected chi connectivity index (χ2v) is 7.81. The molecule has 0 aliphatic rings. The molecule has 1 aromatic heterocycles. The van der Waals surface area contributed by atoms with E-state index in [-0.39, 0.29) is 5.52 Å². The summed E-state index contributed by atoms with van der Waals surface area (Å²) in [7, 11) is 0. The minimum atomic E-state index is -4.45. The maximum Gasteiger partial charge on any atom is 0.418 e. The molecule has 158 valence electrons. The van der Waals surface area contributed by atoms with Crippen molar-refractivity contribution in [1.29, 1.82) is 0 Å². The summed E-state index contributed by atoms with van der Waals surface area (Å²) in [4.78, 5) is 4.11. The number of anilines is 1. The number of benzene rings is 3. The van der Waals surface area contributed by atoms with Gasteiger partial charge in [-0.2, -0.15) is 13.2 Å². The molecule has 0 radical (unpaired) electrons. The first-order chi connectivity index (χ1) is 14.8. The lowest BCUT2D eigenvalue weighted by molar-refractivity contribution is -0.136. The van der Waals surface area contributed by atoms with E-state index in [0.717, 1.165) is 28.4 Å². The predicted molar refractivity (Wildman–Crippen MR) is 120 cm³/mol. The molecule has 0 unspecified atom stereocenters. The summed E-state index contributed by atoms with van der Waals surface area (Å²) in [6.07, 6.45) is -2.93. The molecule has 0 aliphatic heterocycles. The number of alkyl halides is 3. The first kappa shape index (κ1) is 20.9. The molecule has 1 heterocycles. The molecule has 1 N–H and O–H groups in total. The fraction of sp³-hybridized carbons (Fsp3) is 0.192. The van der Waals surface area contributed by atoms with Crippen LogP contribution in [0.3, 0.4) is 0 Å². The van der Waals surface area contributed by atoms with Crippen molar-refractivity contribution in [2.24, 2.45) is 0 Å². The number of aromatic nitrogens is 1. The van der Waals surface area contributed by atoms with Crippen molar-refractivity contribution in [3.63, 3.8) is 0 Å². The van der Waals surface area contributed by atoms with Gasteiger partial charge in [0, 0.05) is 23.8 Å². The Labute approximate surface area is 179 Å². The lowest BCUT2D eigenvalue weighted by Gasteiger charge is -2.16.